The van der Waals surface area contributed by atoms with Crippen molar-refractivity contribution in [3.63, 3.8) is 0 Å². The summed E-state index contributed by atoms with van der Waals surface area (Å²) < 4.78 is 0. The van der Waals surface area contributed by atoms with Gasteiger partial charge in [0.2, 0.25) is 0 Å². The fourth-order valence-electron chi connectivity index (χ4n) is 3.64. The SMILES string of the molecule is Nc1c(Cl)cc(C(=O)NCC2CN3CCN2CC3)c2ncccc12. The van der Waals surface area contributed by atoms with Gasteiger partial charge in [0.25, 0.3) is 5.91 Å². The van der Waals surface area contributed by atoms with E-state index in [1.807, 2.05) is 6.07 Å². The van der Waals surface area contributed by atoms with E-state index in [2.05, 4.69) is 20.1 Å². The van der Waals surface area contributed by atoms with E-state index in [1.165, 1.54) is 0 Å². The molecule has 2 bridgehead atoms. The van der Waals surface area contributed by atoms with Gasteiger partial charge in [-0.1, -0.05) is 11.6 Å². The van der Waals surface area contributed by atoms with Crippen LogP contribution >= 0.6 is 11.6 Å². The van der Waals surface area contributed by atoms with Gasteiger partial charge in [-0.05, 0) is 18.2 Å². The lowest BCUT2D eigenvalue weighted by molar-refractivity contribution is 0.0138. The number of carbonyl (C=O) groups is 1. The second-order valence-corrected chi connectivity index (χ2v) is 6.83. The number of fused-ring (bicyclic) bond motifs is 4. The van der Waals surface area contributed by atoms with Crippen LogP contribution in [0.25, 0.3) is 10.9 Å². The Hall–Kier alpha value is -1.89. The maximum atomic E-state index is 12.7. The molecule has 0 spiro atoms. The molecule has 1 atom stereocenters. The van der Waals surface area contributed by atoms with Crippen LogP contribution < -0.4 is 11.1 Å². The highest BCUT2D eigenvalue weighted by atomic mass is 35.5. The van der Waals surface area contributed by atoms with Crippen molar-refractivity contribution >= 4 is 34.1 Å². The number of nitrogens with zero attached hydrogens (tertiary/aromatic N) is 3. The molecule has 3 aliphatic rings. The first-order chi connectivity index (χ1) is 11.6. The smallest absolute Gasteiger partial charge is 0.253 e. The van der Waals surface area contributed by atoms with Crippen LogP contribution in [0.15, 0.2) is 24.4 Å². The number of carbonyl (C=O) groups excluding carboxylic acids is 1. The van der Waals surface area contributed by atoms with Gasteiger partial charge >= 0.3 is 0 Å². The summed E-state index contributed by atoms with van der Waals surface area (Å²) in [4.78, 5) is 21.9. The van der Waals surface area contributed by atoms with Crippen LogP contribution in [-0.2, 0) is 0 Å². The van der Waals surface area contributed by atoms with E-state index >= 15 is 0 Å². The van der Waals surface area contributed by atoms with Crippen molar-refractivity contribution in [3.05, 3.63) is 35.0 Å². The Morgan fingerprint density at radius 3 is 2.88 bits per heavy atom. The van der Waals surface area contributed by atoms with E-state index in [-0.39, 0.29) is 5.91 Å². The summed E-state index contributed by atoms with van der Waals surface area (Å²) in [5.41, 5.74) is 7.52. The minimum absolute atomic E-state index is 0.154. The Kier molecular flexibility index (Phi) is 4.04. The molecule has 7 heteroatoms. The molecule has 3 N–H and O–H groups in total. The van der Waals surface area contributed by atoms with E-state index in [0.29, 0.717) is 39.8 Å². The molecule has 126 valence electrons. The third kappa shape index (κ3) is 2.70. The molecule has 5 rings (SSSR count). The molecule has 2 aromatic rings. The van der Waals surface area contributed by atoms with Crippen LogP contribution in [0.2, 0.25) is 5.02 Å². The van der Waals surface area contributed by atoms with Gasteiger partial charge in [0, 0.05) is 56.9 Å². The number of benzene rings is 1. The summed E-state index contributed by atoms with van der Waals surface area (Å²) in [7, 11) is 0. The third-order valence-electron chi connectivity index (χ3n) is 5.02. The van der Waals surface area contributed by atoms with Gasteiger partial charge < -0.3 is 11.1 Å². The van der Waals surface area contributed by atoms with E-state index in [0.717, 1.165) is 32.7 Å². The van der Waals surface area contributed by atoms with Crippen molar-refractivity contribution in [2.24, 2.45) is 0 Å². The van der Waals surface area contributed by atoms with E-state index in [9.17, 15) is 4.79 Å². The highest BCUT2D eigenvalue weighted by molar-refractivity contribution is 6.35. The normalized spacial score (nSPS) is 25.8. The lowest BCUT2D eigenvalue weighted by Crippen LogP contribution is -2.63. The van der Waals surface area contributed by atoms with Crippen molar-refractivity contribution in [2.75, 3.05) is 45.0 Å². The summed E-state index contributed by atoms with van der Waals surface area (Å²) in [6.45, 7) is 6.07. The van der Waals surface area contributed by atoms with Gasteiger partial charge in [-0.15, -0.1) is 0 Å². The summed E-state index contributed by atoms with van der Waals surface area (Å²) in [5, 5.41) is 4.14. The molecule has 3 saturated heterocycles. The van der Waals surface area contributed by atoms with Crippen LogP contribution in [-0.4, -0.2) is 66.0 Å². The molecule has 6 nitrogen and oxygen atoms in total. The summed E-state index contributed by atoms with van der Waals surface area (Å²) in [5.74, 6) is -0.154. The first-order valence-electron chi connectivity index (χ1n) is 8.21. The zero-order chi connectivity index (χ0) is 16.7. The van der Waals surface area contributed by atoms with Crippen molar-refractivity contribution in [1.29, 1.82) is 0 Å². The monoisotopic (exact) mass is 345 g/mol. The van der Waals surface area contributed by atoms with E-state index in [4.69, 9.17) is 17.3 Å². The van der Waals surface area contributed by atoms with Gasteiger partial charge in [-0.2, -0.15) is 0 Å². The minimum atomic E-state index is -0.154. The predicted octanol–water partition coefficient (Wildman–Crippen LogP) is 1.20. The summed E-state index contributed by atoms with van der Waals surface area (Å²) in [6.07, 6.45) is 1.66. The van der Waals surface area contributed by atoms with Gasteiger partial charge in [0.15, 0.2) is 0 Å². The highest BCUT2D eigenvalue weighted by Crippen LogP contribution is 2.30. The highest BCUT2D eigenvalue weighted by Gasteiger charge is 2.32. The molecular formula is C17H20ClN5O. The molecule has 1 unspecified atom stereocenters. The van der Waals surface area contributed by atoms with Crippen LogP contribution in [0.4, 0.5) is 5.69 Å². The maximum Gasteiger partial charge on any atom is 0.253 e. The number of hydrogen-bond acceptors (Lipinski definition) is 5. The van der Waals surface area contributed by atoms with Crippen molar-refractivity contribution in [1.82, 2.24) is 20.1 Å². The zero-order valence-corrected chi connectivity index (χ0v) is 14.1. The number of nitrogens with two attached hydrogens (primary N) is 1. The minimum Gasteiger partial charge on any atom is -0.397 e. The number of amides is 1. The fraction of sp³-hybridized carbons (Fsp3) is 0.412. The lowest BCUT2D eigenvalue weighted by Gasteiger charge is -2.47. The predicted molar refractivity (Wildman–Crippen MR) is 95.3 cm³/mol. The second-order valence-electron chi connectivity index (χ2n) is 6.42. The Morgan fingerprint density at radius 2 is 2.17 bits per heavy atom. The van der Waals surface area contributed by atoms with Gasteiger partial charge in [0.1, 0.15) is 0 Å². The Balaban J connectivity index is 1.54. The number of nitrogens with one attached hydrogen (secondary N) is 1. The number of hydrogen-bond donors (Lipinski definition) is 2. The number of halogens is 1. The van der Waals surface area contributed by atoms with Gasteiger partial charge in [-0.3, -0.25) is 19.6 Å². The van der Waals surface area contributed by atoms with E-state index in [1.54, 1.807) is 18.3 Å². The summed E-state index contributed by atoms with van der Waals surface area (Å²) in [6, 6.07) is 5.61. The first-order valence-corrected chi connectivity index (χ1v) is 8.58. The number of anilines is 1. The van der Waals surface area contributed by atoms with Crippen LogP contribution in [0.5, 0.6) is 0 Å². The molecular weight excluding hydrogens is 326 g/mol. The zero-order valence-electron chi connectivity index (χ0n) is 13.3. The number of piperazine rings is 3. The number of nitrogen functional groups attached to an aromatic ring is 1. The van der Waals surface area contributed by atoms with E-state index < -0.39 is 0 Å². The summed E-state index contributed by atoms with van der Waals surface area (Å²) >= 11 is 6.19. The topological polar surface area (TPSA) is 74.5 Å². The Bertz CT molecular complexity index is 788. The Morgan fingerprint density at radius 1 is 1.38 bits per heavy atom. The number of aromatic nitrogens is 1. The van der Waals surface area contributed by atoms with Gasteiger partial charge in [-0.25, -0.2) is 0 Å². The molecule has 0 aliphatic carbocycles. The molecule has 0 radical (unpaired) electrons. The lowest BCUT2D eigenvalue weighted by atomic mass is 10.1. The average Bonchev–Trinajstić information content (AvgIpc) is 2.64. The molecule has 3 fully saturated rings. The van der Waals surface area contributed by atoms with Crippen LogP contribution in [0.3, 0.4) is 0 Å². The molecule has 0 saturated carbocycles. The molecule has 4 heterocycles. The number of rotatable bonds is 3. The molecule has 24 heavy (non-hydrogen) atoms. The molecule has 3 aliphatic heterocycles. The quantitative estimate of drug-likeness (QED) is 0.818. The fourth-order valence-corrected chi connectivity index (χ4v) is 3.85. The average molecular weight is 346 g/mol. The third-order valence-corrected chi connectivity index (χ3v) is 5.33. The van der Waals surface area contributed by atoms with Crippen molar-refractivity contribution in [3.8, 4) is 0 Å². The standard InChI is InChI=1S/C17H20ClN5O/c18-14-8-13(16-12(15(14)19)2-1-3-20-16)17(24)21-9-11-10-22-4-6-23(11)7-5-22/h1-3,8,11H,4-7,9-10,19H2,(H,21,24). The van der Waals surface area contributed by atoms with Crippen molar-refractivity contribution in [2.45, 2.75) is 6.04 Å². The van der Waals surface area contributed by atoms with Crippen molar-refractivity contribution < 1.29 is 4.79 Å². The maximum absolute atomic E-state index is 12.7. The molecule has 1 aromatic carbocycles. The van der Waals surface area contributed by atoms with Crippen LogP contribution in [0.1, 0.15) is 10.4 Å². The molecule has 1 aromatic heterocycles. The second kappa shape index (κ2) is 6.20. The molecule has 1 amide bonds. The largest absolute Gasteiger partial charge is 0.397 e. The Labute approximate surface area is 145 Å². The van der Waals surface area contributed by atoms with Gasteiger partial charge in [0.05, 0.1) is 21.8 Å². The van der Waals surface area contributed by atoms with Crippen LogP contribution in [0, 0.1) is 0 Å². The number of pyridine rings is 1. The first kappa shape index (κ1) is 15.6.